The Bertz CT molecular complexity index is 727. The van der Waals surface area contributed by atoms with Crippen LogP contribution in [0.4, 0.5) is 5.69 Å². The van der Waals surface area contributed by atoms with Crippen molar-refractivity contribution in [2.24, 2.45) is 0 Å². The minimum absolute atomic E-state index is 0.0880. The van der Waals surface area contributed by atoms with Gasteiger partial charge in [0.1, 0.15) is 0 Å². The molecule has 0 radical (unpaired) electrons. The molecule has 5 N–H and O–H groups in total. The van der Waals surface area contributed by atoms with Crippen molar-refractivity contribution in [3.05, 3.63) is 63.1 Å². The van der Waals surface area contributed by atoms with E-state index < -0.39 is 12.1 Å². The number of aliphatic hydroxyl groups is 1. The first-order valence-electron chi connectivity index (χ1n) is 7.76. The van der Waals surface area contributed by atoms with Crippen molar-refractivity contribution in [1.82, 2.24) is 5.32 Å². The van der Waals surface area contributed by atoms with E-state index in [4.69, 9.17) is 34.0 Å². The molecule has 2 unspecified atom stereocenters. The molecule has 0 saturated heterocycles. The van der Waals surface area contributed by atoms with Gasteiger partial charge in [0.2, 0.25) is 0 Å². The number of carboxylic acids is 1. The average molecular weight is 383 g/mol. The highest BCUT2D eigenvalue weighted by molar-refractivity contribution is 6.38. The minimum Gasteiger partial charge on any atom is -0.478 e. The zero-order valence-corrected chi connectivity index (χ0v) is 15.2. The molecule has 0 aliphatic carbocycles. The van der Waals surface area contributed by atoms with Crippen LogP contribution >= 0.6 is 23.2 Å². The van der Waals surface area contributed by atoms with Crippen LogP contribution in [0.3, 0.4) is 0 Å². The Morgan fingerprint density at radius 3 is 2.28 bits per heavy atom. The van der Waals surface area contributed by atoms with E-state index in [1.807, 2.05) is 6.92 Å². The fourth-order valence-electron chi connectivity index (χ4n) is 2.44. The second-order valence-electron chi connectivity index (χ2n) is 5.93. The number of carbonyl (C=O) groups is 1. The number of nitrogens with one attached hydrogen (secondary N) is 1. The normalized spacial score (nSPS) is 13.4. The monoisotopic (exact) mass is 382 g/mol. The number of rotatable bonds is 7. The second kappa shape index (κ2) is 8.54. The molecule has 0 aliphatic rings. The maximum Gasteiger partial charge on any atom is 0.335 e. The van der Waals surface area contributed by atoms with Gasteiger partial charge in [0, 0.05) is 12.6 Å². The van der Waals surface area contributed by atoms with Gasteiger partial charge in [-0.05, 0) is 48.7 Å². The third-order valence-electron chi connectivity index (χ3n) is 3.89. The average Bonchev–Trinajstić information content (AvgIpc) is 2.57. The predicted octanol–water partition coefficient (Wildman–Crippen LogP) is 3.53. The van der Waals surface area contributed by atoms with Gasteiger partial charge in [-0.3, -0.25) is 0 Å². The van der Waals surface area contributed by atoms with Gasteiger partial charge in [0.25, 0.3) is 0 Å². The van der Waals surface area contributed by atoms with Crippen LogP contribution in [0.1, 0.15) is 34.5 Å². The highest BCUT2D eigenvalue weighted by Gasteiger charge is 2.14. The Morgan fingerprint density at radius 1 is 1.20 bits per heavy atom. The SMILES string of the molecule is CC(Cc1ccc(C(=O)O)cc1)NCC(O)c1cc(Cl)c(N)c(Cl)c1. The fraction of sp³-hybridized carbons (Fsp3) is 0.278. The van der Waals surface area contributed by atoms with E-state index in [-0.39, 0.29) is 11.6 Å². The summed E-state index contributed by atoms with van der Waals surface area (Å²) in [6, 6.07) is 10.0. The number of nitrogens with two attached hydrogens (primary N) is 1. The van der Waals surface area contributed by atoms with Gasteiger partial charge < -0.3 is 21.3 Å². The maximum absolute atomic E-state index is 10.8. The van der Waals surface area contributed by atoms with Gasteiger partial charge in [0.15, 0.2) is 0 Å². The van der Waals surface area contributed by atoms with Crippen LogP contribution in [0.2, 0.25) is 10.0 Å². The number of halogens is 2. The summed E-state index contributed by atoms with van der Waals surface area (Å²) in [7, 11) is 0. The number of hydrogen-bond donors (Lipinski definition) is 4. The summed E-state index contributed by atoms with van der Waals surface area (Å²) in [6.07, 6.45) is -0.0667. The summed E-state index contributed by atoms with van der Waals surface area (Å²) in [6.45, 7) is 2.31. The van der Waals surface area contributed by atoms with Crippen LogP contribution < -0.4 is 11.1 Å². The van der Waals surface area contributed by atoms with Crippen LogP contribution in [0.25, 0.3) is 0 Å². The van der Waals surface area contributed by atoms with E-state index in [1.54, 1.807) is 36.4 Å². The third-order valence-corrected chi connectivity index (χ3v) is 4.51. The predicted molar refractivity (Wildman–Crippen MR) is 100 cm³/mol. The van der Waals surface area contributed by atoms with Crippen LogP contribution in [-0.4, -0.2) is 28.8 Å². The van der Waals surface area contributed by atoms with Crippen molar-refractivity contribution in [2.75, 3.05) is 12.3 Å². The van der Waals surface area contributed by atoms with Gasteiger partial charge in [-0.25, -0.2) is 4.79 Å². The highest BCUT2D eigenvalue weighted by atomic mass is 35.5. The van der Waals surface area contributed by atoms with E-state index in [1.165, 1.54) is 0 Å². The molecule has 0 saturated carbocycles. The fourth-order valence-corrected chi connectivity index (χ4v) is 2.94. The lowest BCUT2D eigenvalue weighted by atomic mass is 10.0. The molecule has 134 valence electrons. The lowest BCUT2D eigenvalue weighted by Crippen LogP contribution is -2.32. The van der Waals surface area contributed by atoms with E-state index in [0.717, 1.165) is 5.56 Å². The highest BCUT2D eigenvalue weighted by Crippen LogP contribution is 2.31. The molecule has 0 fully saturated rings. The number of carboxylic acid groups (broad SMARTS) is 1. The van der Waals surface area contributed by atoms with Gasteiger partial charge in [0.05, 0.1) is 27.4 Å². The zero-order chi connectivity index (χ0) is 18.6. The third kappa shape index (κ3) is 5.34. The summed E-state index contributed by atoms with van der Waals surface area (Å²) in [5, 5.41) is 23.1. The van der Waals surface area contributed by atoms with E-state index in [0.29, 0.717) is 34.3 Å². The lowest BCUT2D eigenvalue weighted by molar-refractivity contribution is 0.0697. The Kier molecular flexibility index (Phi) is 6.67. The molecule has 2 rings (SSSR count). The first-order valence-corrected chi connectivity index (χ1v) is 8.51. The summed E-state index contributed by atoms with van der Waals surface area (Å²) >= 11 is 12.0. The molecule has 0 amide bonds. The van der Waals surface area contributed by atoms with E-state index in [2.05, 4.69) is 5.32 Å². The lowest BCUT2D eigenvalue weighted by Gasteiger charge is -2.18. The largest absolute Gasteiger partial charge is 0.478 e. The smallest absolute Gasteiger partial charge is 0.335 e. The molecule has 2 atom stereocenters. The van der Waals surface area contributed by atoms with E-state index >= 15 is 0 Å². The van der Waals surface area contributed by atoms with Crippen molar-refractivity contribution in [3.8, 4) is 0 Å². The topological polar surface area (TPSA) is 95.6 Å². The zero-order valence-electron chi connectivity index (χ0n) is 13.7. The van der Waals surface area contributed by atoms with Crippen LogP contribution in [0.15, 0.2) is 36.4 Å². The molecule has 0 aliphatic heterocycles. The number of benzene rings is 2. The molecule has 2 aromatic rings. The summed E-state index contributed by atoms with van der Waals surface area (Å²) in [5.41, 5.74) is 7.85. The number of hydrogen-bond acceptors (Lipinski definition) is 4. The maximum atomic E-state index is 10.8. The number of anilines is 1. The van der Waals surface area contributed by atoms with Gasteiger partial charge in [-0.1, -0.05) is 35.3 Å². The molecule has 0 heterocycles. The number of aliphatic hydroxyl groups excluding tert-OH is 1. The number of aromatic carboxylic acids is 1. The molecule has 25 heavy (non-hydrogen) atoms. The minimum atomic E-state index is -0.943. The molecule has 2 aromatic carbocycles. The van der Waals surface area contributed by atoms with Crippen LogP contribution in [-0.2, 0) is 6.42 Å². The standard InChI is InChI=1S/C18H20Cl2N2O3/c1-10(6-11-2-4-12(5-3-11)18(24)25)22-9-16(23)13-7-14(19)17(21)15(20)8-13/h2-5,7-8,10,16,22-23H,6,9,21H2,1H3,(H,24,25). The molecular weight excluding hydrogens is 363 g/mol. The Hall–Kier alpha value is -1.79. The van der Waals surface area contributed by atoms with E-state index in [9.17, 15) is 9.90 Å². The number of nitrogen functional groups attached to an aromatic ring is 1. The quantitative estimate of drug-likeness (QED) is 0.549. The van der Waals surface area contributed by atoms with Crippen molar-refractivity contribution in [1.29, 1.82) is 0 Å². The molecule has 0 bridgehead atoms. The Labute approximate surface area is 156 Å². The van der Waals surface area contributed by atoms with Crippen LogP contribution in [0, 0.1) is 0 Å². The summed E-state index contributed by atoms with van der Waals surface area (Å²) < 4.78 is 0. The van der Waals surface area contributed by atoms with Crippen molar-refractivity contribution >= 4 is 34.9 Å². The summed E-state index contributed by atoms with van der Waals surface area (Å²) in [5.74, 6) is -0.943. The first kappa shape index (κ1) is 19.5. The van der Waals surface area contributed by atoms with Crippen LogP contribution in [0.5, 0.6) is 0 Å². The Morgan fingerprint density at radius 2 is 1.76 bits per heavy atom. The van der Waals surface area contributed by atoms with Gasteiger partial charge in [-0.15, -0.1) is 0 Å². The van der Waals surface area contributed by atoms with Gasteiger partial charge >= 0.3 is 5.97 Å². The molecule has 7 heteroatoms. The Balaban J connectivity index is 1.90. The van der Waals surface area contributed by atoms with Gasteiger partial charge in [-0.2, -0.15) is 0 Å². The molecular formula is C18H20Cl2N2O3. The second-order valence-corrected chi connectivity index (χ2v) is 6.74. The molecule has 0 spiro atoms. The first-order chi connectivity index (χ1) is 11.8. The van der Waals surface area contributed by atoms with Crippen molar-refractivity contribution < 1.29 is 15.0 Å². The molecule has 0 aromatic heterocycles. The summed E-state index contributed by atoms with van der Waals surface area (Å²) in [4.78, 5) is 10.8. The molecule has 5 nitrogen and oxygen atoms in total. The van der Waals surface area contributed by atoms with Crippen molar-refractivity contribution in [2.45, 2.75) is 25.5 Å². The van der Waals surface area contributed by atoms with Crippen molar-refractivity contribution in [3.63, 3.8) is 0 Å².